The molecule has 80 valence electrons. The van der Waals surface area contributed by atoms with E-state index in [-0.39, 0.29) is 11.6 Å². The van der Waals surface area contributed by atoms with E-state index in [2.05, 4.69) is 4.99 Å². The lowest BCUT2D eigenvalue weighted by Crippen LogP contribution is -2.26. The number of hydrogen-bond acceptors (Lipinski definition) is 4. The van der Waals surface area contributed by atoms with Crippen LogP contribution < -0.4 is 0 Å². The van der Waals surface area contributed by atoms with Gasteiger partial charge in [-0.05, 0) is 13.8 Å². The van der Waals surface area contributed by atoms with Crippen molar-refractivity contribution in [2.45, 2.75) is 20.3 Å². The van der Waals surface area contributed by atoms with Crippen molar-refractivity contribution in [3.63, 3.8) is 0 Å². The normalized spacial score (nSPS) is 20.7. The lowest BCUT2D eigenvalue weighted by atomic mass is 9.97. The number of hydrogen-bond donors (Lipinski definition) is 0. The van der Waals surface area contributed by atoms with Gasteiger partial charge in [0.2, 0.25) is 0 Å². The zero-order chi connectivity index (χ0) is 11.4. The molecule has 0 radical (unpaired) electrons. The number of carbonyl (C=O) groups excluding carboxylic acids is 1. The lowest BCUT2D eigenvalue weighted by Gasteiger charge is -2.18. The van der Waals surface area contributed by atoms with Crippen LogP contribution in [0, 0.1) is 17.2 Å². The van der Waals surface area contributed by atoms with Gasteiger partial charge >= 0.3 is 5.97 Å². The molecule has 0 amide bonds. The molecular weight excluding hydrogens is 216 g/mol. The topological polar surface area (TPSA) is 62.5 Å². The molecule has 0 saturated heterocycles. The fraction of sp³-hybridized carbons (Fsp3) is 0.500. The Kier molecular flexibility index (Phi) is 3.87. The Labute approximate surface area is 93.2 Å². The third-order valence-corrected chi connectivity index (χ3v) is 2.46. The van der Waals surface area contributed by atoms with Crippen molar-refractivity contribution < 1.29 is 9.53 Å². The van der Waals surface area contributed by atoms with Crippen molar-refractivity contribution >= 4 is 22.7 Å². The van der Waals surface area contributed by atoms with Crippen LogP contribution in [-0.4, -0.2) is 17.7 Å². The minimum atomic E-state index is -0.620. The van der Waals surface area contributed by atoms with E-state index >= 15 is 0 Å². The van der Waals surface area contributed by atoms with Crippen LogP contribution in [0.2, 0.25) is 0 Å². The maximum Gasteiger partial charge on any atom is 0.316 e. The first-order valence-electron chi connectivity index (χ1n) is 4.60. The molecule has 0 aliphatic carbocycles. The molecule has 0 spiro atoms. The van der Waals surface area contributed by atoms with Gasteiger partial charge in [-0.15, -0.1) is 0 Å². The van der Waals surface area contributed by atoms with E-state index in [1.54, 1.807) is 13.8 Å². The lowest BCUT2D eigenvalue weighted by molar-refractivity contribution is -0.145. The molecule has 0 saturated carbocycles. The van der Waals surface area contributed by atoms with Gasteiger partial charge in [-0.3, -0.25) is 4.79 Å². The van der Waals surface area contributed by atoms with E-state index in [0.29, 0.717) is 17.9 Å². The Bertz CT molecular complexity index is 379. The second-order valence-electron chi connectivity index (χ2n) is 3.12. The van der Waals surface area contributed by atoms with E-state index in [1.165, 1.54) is 0 Å². The average molecular weight is 227 g/mol. The zero-order valence-corrected chi connectivity index (χ0v) is 9.34. The van der Waals surface area contributed by atoms with Gasteiger partial charge in [0, 0.05) is 6.42 Å². The third kappa shape index (κ3) is 2.57. The molecule has 0 fully saturated rings. The SMILES string of the molecule is CCOC(=O)C1CC(C#N)=C(C)N=C1Cl. The van der Waals surface area contributed by atoms with E-state index in [0.717, 1.165) is 0 Å². The molecule has 0 aromatic carbocycles. The summed E-state index contributed by atoms with van der Waals surface area (Å²) in [5.74, 6) is -1.04. The maximum atomic E-state index is 11.5. The molecule has 1 unspecified atom stereocenters. The molecule has 1 aliphatic heterocycles. The number of nitrogens with zero attached hydrogens (tertiary/aromatic N) is 2. The Balaban J connectivity index is 2.88. The first kappa shape index (κ1) is 11.7. The van der Waals surface area contributed by atoms with Gasteiger partial charge < -0.3 is 4.74 Å². The number of nitriles is 1. The maximum absolute atomic E-state index is 11.5. The quantitative estimate of drug-likeness (QED) is 0.677. The number of esters is 1. The Morgan fingerprint density at radius 1 is 1.80 bits per heavy atom. The number of rotatable bonds is 2. The summed E-state index contributed by atoms with van der Waals surface area (Å²) in [5, 5.41) is 9.00. The summed E-state index contributed by atoms with van der Waals surface area (Å²) in [6.45, 7) is 3.71. The van der Waals surface area contributed by atoms with Gasteiger partial charge in [0.1, 0.15) is 11.1 Å². The summed E-state index contributed by atoms with van der Waals surface area (Å²) in [6.07, 6.45) is 0.281. The van der Waals surface area contributed by atoms with Gasteiger partial charge in [-0.2, -0.15) is 5.26 Å². The smallest absolute Gasteiger partial charge is 0.316 e. The highest BCUT2D eigenvalue weighted by Gasteiger charge is 2.29. The number of ether oxygens (including phenoxy) is 1. The molecule has 0 N–H and O–H groups in total. The average Bonchev–Trinajstić information content (AvgIpc) is 2.18. The predicted octanol–water partition coefficient (Wildman–Crippen LogP) is 2.00. The molecule has 15 heavy (non-hydrogen) atoms. The highest BCUT2D eigenvalue weighted by molar-refractivity contribution is 6.67. The Morgan fingerprint density at radius 3 is 3.00 bits per heavy atom. The minimum Gasteiger partial charge on any atom is -0.465 e. The fourth-order valence-corrected chi connectivity index (χ4v) is 1.58. The molecule has 5 heteroatoms. The number of halogens is 1. The van der Waals surface area contributed by atoms with E-state index in [9.17, 15) is 4.79 Å². The van der Waals surface area contributed by atoms with Crippen molar-refractivity contribution in [1.82, 2.24) is 0 Å². The van der Waals surface area contributed by atoms with Crippen molar-refractivity contribution in [3.8, 4) is 6.07 Å². The highest BCUT2D eigenvalue weighted by atomic mass is 35.5. The monoisotopic (exact) mass is 226 g/mol. The number of carbonyl (C=O) groups is 1. The fourth-order valence-electron chi connectivity index (χ4n) is 1.29. The van der Waals surface area contributed by atoms with Crippen molar-refractivity contribution in [2.24, 2.45) is 10.9 Å². The first-order valence-corrected chi connectivity index (χ1v) is 4.98. The van der Waals surface area contributed by atoms with Gasteiger partial charge in [-0.25, -0.2) is 4.99 Å². The van der Waals surface area contributed by atoms with Crippen molar-refractivity contribution in [3.05, 3.63) is 11.3 Å². The second kappa shape index (κ2) is 4.94. The second-order valence-corrected chi connectivity index (χ2v) is 3.51. The molecule has 0 bridgehead atoms. The van der Waals surface area contributed by atoms with Gasteiger partial charge in [-0.1, -0.05) is 11.6 Å². The van der Waals surface area contributed by atoms with E-state index < -0.39 is 11.9 Å². The molecule has 4 nitrogen and oxygen atoms in total. The van der Waals surface area contributed by atoms with Crippen LogP contribution in [0.1, 0.15) is 20.3 Å². The van der Waals surface area contributed by atoms with Crippen LogP contribution in [0.4, 0.5) is 0 Å². The predicted molar refractivity (Wildman–Crippen MR) is 56.3 cm³/mol. The zero-order valence-electron chi connectivity index (χ0n) is 8.58. The third-order valence-electron chi connectivity index (χ3n) is 2.11. The van der Waals surface area contributed by atoms with Crippen LogP contribution in [0.3, 0.4) is 0 Å². The summed E-state index contributed by atoms with van der Waals surface area (Å²) in [5.41, 5.74) is 1.06. The minimum absolute atomic E-state index is 0.199. The molecule has 0 aromatic rings. The summed E-state index contributed by atoms with van der Waals surface area (Å²) in [6, 6.07) is 2.01. The van der Waals surface area contributed by atoms with Crippen LogP contribution >= 0.6 is 11.6 Å². The summed E-state index contributed by atoms with van der Waals surface area (Å²) < 4.78 is 4.84. The van der Waals surface area contributed by atoms with Crippen LogP contribution in [0.25, 0.3) is 0 Å². The Hall–Kier alpha value is -1.34. The van der Waals surface area contributed by atoms with E-state index in [4.69, 9.17) is 21.6 Å². The molecule has 1 heterocycles. The summed E-state index contributed by atoms with van der Waals surface area (Å²) in [7, 11) is 0. The molecule has 1 atom stereocenters. The number of allylic oxidation sites excluding steroid dienone is 2. The Morgan fingerprint density at radius 2 is 2.47 bits per heavy atom. The standard InChI is InChI=1S/C10H11ClN2O2/c1-3-15-10(14)8-4-7(5-12)6(2)13-9(8)11/h8H,3-4H2,1-2H3. The van der Waals surface area contributed by atoms with Gasteiger partial charge in [0.15, 0.2) is 0 Å². The van der Waals surface area contributed by atoms with Crippen molar-refractivity contribution in [2.75, 3.05) is 6.61 Å². The highest BCUT2D eigenvalue weighted by Crippen LogP contribution is 2.26. The van der Waals surface area contributed by atoms with E-state index in [1.807, 2.05) is 6.07 Å². The summed E-state index contributed by atoms with van der Waals surface area (Å²) in [4.78, 5) is 15.4. The number of aliphatic imine (C=N–C) groups is 1. The molecule has 1 aliphatic rings. The van der Waals surface area contributed by atoms with Crippen LogP contribution in [0.15, 0.2) is 16.3 Å². The largest absolute Gasteiger partial charge is 0.465 e. The van der Waals surface area contributed by atoms with Gasteiger partial charge in [0.05, 0.1) is 23.9 Å². The van der Waals surface area contributed by atoms with Crippen molar-refractivity contribution in [1.29, 1.82) is 5.26 Å². The van der Waals surface area contributed by atoms with Gasteiger partial charge in [0.25, 0.3) is 0 Å². The van der Waals surface area contributed by atoms with Crippen LogP contribution in [-0.2, 0) is 9.53 Å². The van der Waals surface area contributed by atoms with Crippen LogP contribution in [0.5, 0.6) is 0 Å². The first-order chi connectivity index (χ1) is 7.10. The molecule has 0 aromatic heterocycles. The molecular formula is C10H11ClN2O2. The summed E-state index contributed by atoms with van der Waals surface area (Å²) >= 11 is 5.84. The molecule has 1 rings (SSSR count).